The van der Waals surface area contributed by atoms with Gasteiger partial charge in [-0.3, -0.25) is 14.5 Å². The number of hydrogen-bond donors (Lipinski definition) is 0. The van der Waals surface area contributed by atoms with Crippen molar-refractivity contribution in [3.63, 3.8) is 0 Å². The van der Waals surface area contributed by atoms with E-state index in [0.29, 0.717) is 26.2 Å². The average molecular weight is 185 g/mol. The highest BCUT2D eigenvalue weighted by Gasteiger charge is 1.94. The summed E-state index contributed by atoms with van der Waals surface area (Å²) in [5.41, 5.74) is 0. The number of allylic oxidation sites excluding steroid dienone is 1. The van der Waals surface area contributed by atoms with Gasteiger partial charge < -0.3 is 4.74 Å². The number of rotatable bonds is 7. The second-order valence-electron chi connectivity index (χ2n) is 2.74. The van der Waals surface area contributed by atoms with Crippen LogP contribution in [0.5, 0.6) is 0 Å². The third-order valence-corrected chi connectivity index (χ3v) is 1.43. The molecule has 0 heterocycles. The molecule has 4 heteroatoms. The fourth-order valence-corrected chi connectivity index (χ4v) is 0.747. The molecule has 0 aliphatic rings. The lowest BCUT2D eigenvalue weighted by atomic mass is 10.4. The van der Waals surface area contributed by atoms with E-state index < -0.39 is 0 Å². The maximum absolute atomic E-state index is 10.5. The van der Waals surface area contributed by atoms with Gasteiger partial charge >= 0.3 is 0 Å². The highest BCUT2D eigenvalue weighted by Crippen LogP contribution is 1.84. The lowest BCUT2D eigenvalue weighted by molar-refractivity contribution is -0.129. The van der Waals surface area contributed by atoms with E-state index in [1.165, 1.54) is 13.0 Å². The molecule has 0 aromatic heterocycles. The highest BCUT2D eigenvalue weighted by molar-refractivity contribution is 5.87. The Bertz CT molecular complexity index is 189. The summed E-state index contributed by atoms with van der Waals surface area (Å²) >= 11 is 0. The van der Waals surface area contributed by atoms with Crippen molar-refractivity contribution in [3.8, 4) is 0 Å². The maximum Gasteiger partial charge on any atom is 0.293 e. The minimum atomic E-state index is 0.0394. The molecule has 0 rings (SSSR count). The largest absolute Gasteiger partial charge is 0.467 e. The Kier molecular flexibility index (Phi) is 6.82. The van der Waals surface area contributed by atoms with Gasteiger partial charge in [-0.25, -0.2) is 0 Å². The minimum absolute atomic E-state index is 0.0394. The Morgan fingerprint density at radius 3 is 2.77 bits per heavy atom. The molecule has 0 spiro atoms. The quantitative estimate of drug-likeness (QED) is 0.324. The number of carbonyl (C=O) groups excluding carboxylic acids is 2. The van der Waals surface area contributed by atoms with Crippen LogP contribution in [-0.4, -0.2) is 43.9 Å². The van der Waals surface area contributed by atoms with Gasteiger partial charge in [0, 0.05) is 13.1 Å². The standard InChI is InChI=1S/C9H15NO3/c1-9(12)4-3-5-10(2)6-7-13-8-11/h3-4,8H,5-7H2,1-2H3/b4-3+. The van der Waals surface area contributed by atoms with Crippen LogP contribution < -0.4 is 0 Å². The van der Waals surface area contributed by atoms with Crippen molar-refractivity contribution in [2.75, 3.05) is 26.7 Å². The Morgan fingerprint density at radius 2 is 2.23 bits per heavy atom. The Balaban J connectivity index is 3.44. The third-order valence-electron chi connectivity index (χ3n) is 1.43. The number of likely N-dealkylation sites (N-methyl/N-ethyl adjacent to an activating group) is 1. The van der Waals surface area contributed by atoms with Crippen LogP contribution in [0.3, 0.4) is 0 Å². The van der Waals surface area contributed by atoms with Gasteiger partial charge in [0.2, 0.25) is 0 Å². The van der Waals surface area contributed by atoms with Crippen LogP contribution in [-0.2, 0) is 14.3 Å². The number of hydrogen-bond acceptors (Lipinski definition) is 4. The van der Waals surface area contributed by atoms with Crippen molar-refractivity contribution in [3.05, 3.63) is 12.2 Å². The Labute approximate surface area is 78.2 Å². The van der Waals surface area contributed by atoms with E-state index >= 15 is 0 Å². The topological polar surface area (TPSA) is 46.6 Å². The third kappa shape index (κ3) is 8.75. The van der Waals surface area contributed by atoms with Crippen LogP contribution in [0.1, 0.15) is 6.92 Å². The summed E-state index contributed by atoms with van der Waals surface area (Å²) in [7, 11) is 1.89. The first-order valence-electron chi connectivity index (χ1n) is 4.07. The van der Waals surface area contributed by atoms with Gasteiger partial charge in [-0.15, -0.1) is 0 Å². The molecule has 0 saturated carbocycles. The molecule has 0 aromatic carbocycles. The van der Waals surface area contributed by atoms with Gasteiger partial charge in [0.15, 0.2) is 5.78 Å². The molecular weight excluding hydrogens is 170 g/mol. The van der Waals surface area contributed by atoms with Gasteiger partial charge in [-0.2, -0.15) is 0 Å². The van der Waals surface area contributed by atoms with Crippen molar-refractivity contribution in [1.82, 2.24) is 4.90 Å². The first kappa shape index (κ1) is 11.8. The zero-order valence-corrected chi connectivity index (χ0v) is 8.03. The van der Waals surface area contributed by atoms with E-state index in [4.69, 9.17) is 0 Å². The van der Waals surface area contributed by atoms with Crippen LogP contribution in [0.25, 0.3) is 0 Å². The van der Waals surface area contributed by atoms with E-state index in [0.717, 1.165) is 0 Å². The maximum atomic E-state index is 10.5. The molecular formula is C9H15NO3. The van der Waals surface area contributed by atoms with Crippen molar-refractivity contribution in [1.29, 1.82) is 0 Å². The summed E-state index contributed by atoms with van der Waals surface area (Å²) < 4.78 is 4.52. The van der Waals surface area contributed by atoms with Gasteiger partial charge in [0.05, 0.1) is 0 Å². The van der Waals surface area contributed by atoms with Gasteiger partial charge in [-0.1, -0.05) is 6.08 Å². The fourth-order valence-electron chi connectivity index (χ4n) is 0.747. The number of ether oxygens (including phenoxy) is 1. The van der Waals surface area contributed by atoms with Gasteiger partial charge in [-0.05, 0) is 20.0 Å². The van der Waals surface area contributed by atoms with E-state index in [2.05, 4.69) is 4.74 Å². The van der Waals surface area contributed by atoms with Gasteiger partial charge in [0.1, 0.15) is 6.61 Å². The van der Waals surface area contributed by atoms with E-state index in [1.54, 1.807) is 6.08 Å². The first-order chi connectivity index (χ1) is 6.16. The Hall–Kier alpha value is -1.16. The van der Waals surface area contributed by atoms with Crippen molar-refractivity contribution in [2.45, 2.75) is 6.92 Å². The number of ketones is 1. The Morgan fingerprint density at radius 1 is 1.54 bits per heavy atom. The van der Waals surface area contributed by atoms with E-state index in [-0.39, 0.29) is 5.78 Å². The summed E-state index contributed by atoms with van der Waals surface area (Å²) in [6, 6.07) is 0. The monoisotopic (exact) mass is 185 g/mol. The summed E-state index contributed by atoms with van der Waals surface area (Å²) in [5.74, 6) is 0.0394. The van der Waals surface area contributed by atoms with E-state index in [9.17, 15) is 9.59 Å². The fraction of sp³-hybridized carbons (Fsp3) is 0.556. The summed E-state index contributed by atoms with van der Waals surface area (Å²) in [6.07, 6.45) is 3.31. The molecule has 0 aliphatic heterocycles. The second kappa shape index (κ2) is 7.49. The molecule has 0 amide bonds. The van der Waals surface area contributed by atoms with Crippen molar-refractivity contribution < 1.29 is 14.3 Å². The SMILES string of the molecule is CC(=O)/C=C/CN(C)CCOC=O. The summed E-state index contributed by atoms with van der Waals surface area (Å²) in [5, 5.41) is 0. The number of carbonyl (C=O) groups is 2. The van der Waals surface area contributed by atoms with Gasteiger partial charge in [0.25, 0.3) is 6.47 Å². The lowest BCUT2D eigenvalue weighted by Gasteiger charge is -2.12. The molecule has 0 saturated heterocycles. The molecule has 0 fully saturated rings. The molecule has 0 unspecified atom stereocenters. The molecule has 0 radical (unpaired) electrons. The van der Waals surface area contributed by atoms with E-state index in [1.807, 2.05) is 11.9 Å². The van der Waals surface area contributed by atoms with Crippen molar-refractivity contribution in [2.24, 2.45) is 0 Å². The highest BCUT2D eigenvalue weighted by atomic mass is 16.5. The molecule has 0 N–H and O–H groups in total. The molecule has 0 atom stereocenters. The predicted molar refractivity (Wildman–Crippen MR) is 49.3 cm³/mol. The molecule has 4 nitrogen and oxygen atoms in total. The molecule has 74 valence electrons. The number of nitrogens with zero attached hydrogens (tertiary/aromatic N) is 1. The summed E-state index contributed by atoms with van der Waals surface area (Å²) in [6.45, 7) is 3.67. The zero-order chi connectivity index (χ0) is 10.1. The normalized spacial score (nSPS) is 10.7. The van der Waals surface area contributed by atoms with Crippen LogP contribution in [0.2, 0.25) is 0 Å². The van der Waals surface area contributed by atoms with Crippen LogP contribution in [0.4, 0.5) is 0 Å². The summed E-state index contributed by atoms with van der Waals surface area (Å²) in [4.78, 5) is 22.2. The lowest BCUT2D eigenvalue weighted by Crippen LogP contribution is -2.23. The molecule has 0 aromatic rings. The van der Waals surface area contributed by atoms with Crippen LogP contribution >= 0.6 is 0 Å². The van der Waals surface area contributed by atoms with Crippen LogP contribution in [0, 0.1) is 0 Å². The van der Waals surface area contributed by atoms with Crippen molar-refractivity contribution >= 4 is 12.3 Å². The zero-order valence-electron chi connectivity index (χ0n) is 8.03. The smallest absolute Gasteiger partial charge is 0.293 e. The minimum Gasteiger partial charge on any atom is -0.467 e. The molecule has 0 bridgehead atoms. The first-order valence-corrected chi connectivity index (χ1v) is 4.07. The molecule has 13 heavy (non-hydrogen) atoms. The predicted octanol–water partition coefficient (Wildman–Crippen LogP) is 0.236. The molecule has 0 aliphatic carbocycles. The average Bonchev–Trinajstić information content (AvgIpc) is 2.04. The second-order valence-corrected chi connectivity index (χ2v) is 2.74. The van der Waals surface area contributed by atoms with Crippen LogP contribution in [0.15, 0.2) is 12.2 Å².